The molecule has 0 bridgehead atoms. The van der Waals surface area contributed by atoms with E-state index in [0.29, 0.717) is 32.8 Å². The zero-order valence-electron chi connectivity index (χ0n) is 16.7. The van der Waals surface area contributed by atoms with E-state index in [1.165, 1.54) is 11.8 Å². The first-order chi connectivity index (χ1) is 14.0. The van der Waals surface area contributed by atoms with Crippen LogP contribution in [0.15, 0.2) is 28.0 Å². The van der Waals surface area contributed by atoms with Crippen LogP contribution in [0.1, 0.15) is 43.7 Å². The summed E-state index contributed by atoms with van der Waals surface area (Å²) < 4.78 is 2.13. The largest absolute Gasteiger partial charge is 0.356 e. The summed E-state index contributed by atoms with van der Waals surface area (Å²) in [5, 5.41) is 0. The van der Waals surface area contributed by atoms with Gasteiger partial charge in [-0.05, 0) is 43.9 Å². The van der Waals surface area contributed by atoms with Crippen LogP contribution in [0.5, 0.6) is 0 Å². The lowest BCUT2D eigenvalue weighted by atomic mass is 10.2. The number of thiocarbonyl (C=S) groups is 1. The first-order valence-corrected chi connectivity index (χ1v) is 11.3. The van der Waals surface area contributed by atoms with E-state index in [4.69, 9.17) is 17.2 Å². The van der Waals surface area contributed by atoms with Crippen molar-refractivity contribution in [1.29, 1.82) is 0 Å². The van der Waals surface area contributed by atoms with E-state index in [9.17, 15) is 9.59 Å². The SMILES string of the molecule is CCCCN1C(=O)C(=Cc2c(N3CCCC3)nc3c(C)cccn3c2=O)SC1=S. The summed E-state index contributed by atoms with van der Waals surface area (Å²) in [6.07, 6.45) is 7.47. The van der Waals surface area contributed by atoms with Crippen LogP contribution in [0.3, 0.4) is 0 Å². The molecular formula is C21H24N4O2S2. The molecule has 4 rings (SSSR count). The van der Waals surface area contributed by atoms with Crippen LogP contribution < -0.4 is 10.5 Å². The molecular weight excluding hydrogens is 404 g/mol. The van der Waals surface area contributed by atoms with Crippen molar-refractivity contribution in [2.45, 2.75) is 39.5 Å². The number of rotatable bonds is 5. The Balaban J connectivity index is 1.84. The van der Waals surface area contributed by atoms with Gasteiger partial charge in [-0.1, -0.05) is 43.4 Å². The summed E-state index contributed by atoms with van der Waals surface area (Å²) in [5.41, 5.74) is 1.92. The Morgan fingerprint density at radius 2 is 2.03 bits per heavy atom. The van der Waals surface area contributed by atoms with E-state index in [1.807, 2.05) is 19.1 Å². The van der Waals surface area contributed by atoms with Crippen LogP contribution in [0.2, 0.25) is 0 Å². The summed E-state index contributed by atoms with van der Waals surface area (Å²) in [4.78, 5) is 35.4. The number of nitrogens with zero attached hydrogens (tertiary/aromatic N) is 4. The summed E-state index contributed by atoms with van der Waals surface area (Å²) >= 11 is 6.68. The number of amides is 1. The Morgan fingerprint density at radius 1 is 1.28 bits per heavy atom. The lowest BCUT2D eigenvalue weighted by Crippen LogP contribution is -2.29. The molecule has 2 aliphatic rings. The molecule has 0 atom stereocenters. The van der Waals surface area contributed by atoms with E-state index in [-0.39, 0.29) is 11.5 Å². The molecule has 152 valence electrons. The van der Waals surface area contributed by atoms with Crippen molar-refractivity contribution < 1.29 is 4.79 Å². The van der Waals surface area contributed by atoms with Crippen LogP contribution in [-0.4, -0.2) is 44.1 Å². The van der Waals surface area contributed by atoms with Crippen molar-refractivity contribution in [1.82, 2.24) is 14.3 Å². The first kappa shape index (κ1) is 20.1. The molecule has 29 heavy (non-hydrogen) atoms. The van der Waals surface area contributed by atoms with Crippen molar-refractivity contribution in [3.8, 4) is 0 Å². The molecule has 0 spiro atoms. The minimum absolute atomic E-state index is 0.116. The van der Waals surface area contributed by atoms with Gasteiger partial charge in [0.1, 0.15) is 15.8 Å². The molecule has 6 nitrogen and oxygen atoms in total. The van der Waals surface area contributed by atoms with E-state index in [0.717, 1.165) is 44.3 Å². The predicted octanol–water partition coefficient (Wildman–Crippen LogP) is 3.60. The number of thioether (sulfide) groups is 1. The summed E-state index contributed by atoms with van der Waals surface area (Å²) in [5.74, 6) is 0.551. The first-order valence-electron chi connectivity index (χ1n) is 10.0. The molecule has 0 aromatic carbocycles. The highest BCUT2D eigenvalue weighted by Crippen LogP contribution is 2.34. The van der Waals surface area contributed by atoms with Crippen molar-refractivity contribution in [3.05, 3.63) is 44.7 Å². The molecule has 1 amide bonds. The maximum atomic E-state index is 13.4. The van der Waals surface area contributed by atoms with Gasteiger partial charge in [0.2, 0.25) is 0 Å². The number of hydrogen-bond donors (Lipinski definition) is 0. The number of unbranched alkanes of at least 4 members (excludes halogenated alkanes) is 1. The Bertz CT molecular complexity index is 1070. The molecule has 2 fully saturated rings. The molecule has 0 unspecified atom stereocenters. The summed E-state index contributed by atoms with van der Waals surface area (Å²) in [7, 11) is 0. The molecule has 8 heteroatoms. The van der Waals surface area contributed by atoms with E-state index >= 15 is 0 Å². The molecule has 4 heterocycles. The maximum Gasteiger partial charge on any atom is 0.267 e. The molecule has 0 radical (unpaired) electrons. The number of fused-ring (bicyclic) bond motifs is 1. The second kappa shape index (κ2) is 8.28. The zero-order valence-corrected chi connectivity index (χ0v) is 18.3. The van der Waals surface area contributed by atoms with Crippen molar-refractivity contribution in [2.24, 2.45) is 0 Å². The molecule has 2 aliphatic heterocycles. The van der Waals surface area contributed by atoms with Gasteiger partial charge in [0, 0.05) is 25.8 Å². The predicted molar refractivity (Wildman–Crippen MR) is 122 cm³/mol. The highest BCUT2D eigenvalue weighted by atomic mass is 32.2. The highest BCUT2D eigenvalue weighted by Gasteiger charge is 2.32. The van der Waals surface area contributed by atoms with Gasteiger partial charge >= 0.3 is 0 Å². The van der Waals surface area contributed by atoms with Crippen LogP contribution in [0.25, 0.3) is 11.7 Å². The molecule has 0 N–H and O–H groups in total. The summed E-state index contributed by atoms with van der Waals surface area (Å²) in [6.45, 7) is 6.39. The van der Waals surface area contributed by atoms with E-state index in [1.54, 1.807) is 21.6 Å². The lowest BCUT2D eigenvalue weighted by molar-refractivity contribution is -0.122. The van der Waals surface area contributed by atoms with Gasteiger partial charge in [-0.3, -0.25) is 18.9 Å². The fraction of sp³-hybridized carbons (Fsp3) is 0.429. The van der Waals surface area contributed by atoms with Gasteiger partial charge in [0.05, 0.1) is 10.5 Å². The Kier molecular flexibility index (Phi) is 5.74. The lowest BCUT2D eigenvalue weighted by Gasteiger charge is -2.20. The fourth-order valence-corrected chi connectivity index (χ4v) is 5.03. The van der Waals surface area contributed by atoms with Crippen LogP contribution in [0, 0.1) is 6.92 Å². The zero-order chi connectivity index (χ0) is 20.5. The Labute approximate surface area is 179 Å². The Hall–Kier alpha value is -2.19. The topological polar surface area (TPSA) is 57.9 Å². The quantitative estimate of drug-likeness (QED) is 0.536. The minimum atomic E-state index is -0.153. The Morgan fingerprint density at radius 3 is 2.76 bits per heavy atom. The van der Waals surface area contributed by atoms with Gasteiger partial charge < -0.3 is 4.90 Å². The molecule has 0 aliphatic carbocycles. The third-order valence-corrected chi connectivity index (χ3v) is 6.73. The molecule has 2 aromatic rings. The number of aryl methyl sites for hydroxylation is 1. The van der Waals surface area contributed by atoms with Crippen molar-refractivity contribution >= 4 is 51.7 Å². The van der Waals surface area contributed by atoms with Gasteiger partial charge in [0.15, 0.2) is 0 Å². The van der Waals surface area contributed by atoms with Gasteiger partial charge in [-0.15, -0.1) is 0 Å². The van der Waals surface area contributed by atoms with E-state index in [2.05, 4.69) is 11.8 Å². The fourth-order valence-electron chi connectivity index (χ4n) is 3.74. The number of carbonyl (C=O) groups excluding carboxylic acids is 1. The second-order valence-electron chi connectivity index (χ2n) is 7.42. The van der Waals surface area contributed by atoms with Gasteiger partial charge in [-0.25, -0.2) is 4.98 Å². The standard InChI is InChI=1S/C21H24N4O2S2/c1-3-4-11-25-20(27)16(29-21(25)28)13-15-18(23-9-5-6-10-23)22-17-14(2)8-7-12-24(17)19(15)26/h7-8,12-13H,3-6,9-11H2,1-2H3. The van der Waals surface area contributed by atoms with Crippen LogP contribution in [0.4, 0.5) is 5.82 Å². The molecule has 0 saturated carbocycles. The van der Waals surface area contributed by atoms with Gasteiger partial charge in [-0.2, -0.15) is 0 Å². The number of anilines is 1. The van der Waals surface area contributed by atoms with Crippen LogP contribution in [-0.2, 0) is 4.79 Å². The third kappa shape index (κ3) is 3.71. The second-order valence-corrected chi connectivity index (χ2v) is 9.10. The molecule has 2 saturated heterocycles. The van der Waals surface area contributed by atoms with Crippen molar-refractivity contribution in [3.63, 3.8) is 0 Å². The monoisotopic (exact) mass is 428 g/mol. The van der Waals surface area contributed by atoms with Crippen LogP contribution >= 0.6 is 24.0 Å². The summed E-state index contributed by atoms with van der Waals surface area (Å²) in [6, 6.07) is 3.79. The smallest absolute Gasteiger partial charge is 0.267 e. The van der Waals surface area contributed by atoms with E-state index < -0.39 is 0 Å². The number of pyridine rings is 1. The normalized spacial score (nSPS) is 18.6. The highest BCUT2D eigenvalue weighted by molar-refractivity contribution is 8.26. The van der Waals surface area contributed by atoms with Gasteiger partial charge in [0.25, 0.3) is 11.5 Å². The average Bonchev–Trinajstić information content (AvgIpc) is 3.32. The number of carbonyl (C=O) groups is 1. The molecule has 2 aromatic heterocycles. The average molecular weight is 429 g/mol. The maximum absolute atomic E-state index is 13.4. The minimum Gasteiger partial charge on any atom is -0.356 e. The third-order valence-electron chi connectivity index (χ3n) is 5.35. The number of aromatic nitrogens is 2. The number of hydrogen-bond acceptors (Lipinski definition) is 6. The van der Waals surface area contributed by atoms with Crippen molar-refractivity contribution in [2.75, 3.05) is 24.5 Å².